The zero-order valence-electron chi connectivity index (χ0n) is 25.9. The fourth-order valence-electron chi connectivity index (χ4n) is 5.02. The zero-order valence-corrected chi connectivity index (χ0v) is 27.9. The quantitative estimate of drug-likeness (QED) is 0.142. The number of aliphatic hydroxyl groups excluding tert-OH is 1. The number of allylic oxidation sites excluding steroid dienone is 2. The summed E-state index contributed by atoms with van der Waals surface area (Å²) in [6, 6.07) is 7.25. The summed E-state index contributed by atoms with van der Waals surface area (Å²) in [5.41, 5.74) is 5.11. The van der Waals surface area contributed by atoms with Gasteiger partial charge in [-0.15, -0.1) is 0 Å². The van der Waals surface area contributed by atoms with Crippen LogP contribution >= 0.6 is 0 Å². The van der Waals surface area contributed by atoms with Gasteiger partial charge < -0.3 is 39.7 Å². The summed E-state index contributed by atoms with van der Waals surface area (Å²) in [6.45, 7) is 10.6. The van der Waals surface area contributed by atoms with Crippen molar-refractivity contribution in [1.82, 2.24) is 0 Å². The van der Waals surface area contributed by atoms with Crippen LogP contribution < -0.4 is 50.8 Å². The largest absolute Gasteiger partial charge is 1.00 e. The third kappa shape index (κ3) is 7.30. The molecule has 2 heterocycles. The monoisotopic (exact) mass is 617 g/mol. The Balaban J connectivity index is 0.00000529. The van der Waals surface area contributed by atoms with Gasteiger partial charge in [0.2, 0.25) is 6.29 Å². The Hall–Kier alpha value is -3.35. The number of hydrogen-bond donors (Lipinski definition) is 3. The minimum absolute atomic E-state index is 0. The van der Waals surface area contributed by atoms with Crippen molar-refractivity contribution in [1.29, 1.82) is 0 Å². The van der Waals surface area contributed by atoms with Crippen molar-refractivity contribution in [3.05, 3.63) is 74.7 Å². The van der Waals surface area contributed by atoms with Crippen LogP contribution in [0.4, 0.5) is 4.79 Å². The number of ether oxygens (including phenoxy) is 3. The number of carbonyl (C=O) groups is 2. The van der Waals surface area contributed by atoms with E-state index in [1.165, 1.54) is 24.3 Å². The van der Waals surface area contributed by atoms with E-state index in [1.54, 1.807) is 33.8 Å². The Morgan fingerprint density at radius 1 is 1.18 bits per heavy atom. The van der Waals surface area contributed by atoms with E-state index in [0.29, 0.717) is 12.0 Å². The standard InChI is InChI=1S/C32H37NO10.Na/c1-15(2)7-8-18-13-19(9-11-22(18)34)23(35)14-21-25(36)20-10-12-24(16(3)27(20)41-29(21)38)40-30-26(37)28(42-31(33)39)17(4)32(5,6)43-30;/h7,9-13,17,26,28,30,34,36-37H,8,14H2,1-6H3,(H2,33,39);/q;+1/p-1/t17?,26-,28-,30?;/m1./s1. The van der Waals surface area contributed by atoms with Crippen LogP contribution in [-0.4, -0.2) is 46.2 Å². The molecule has 4 rings (SSSR count). The van der Waals surface area contributed by atoms with E-state index in [2.05, 4.69) is 0 Å². The molecule has 2 aromatic carbocycles. The molecule has 0 spiro atoms. The molecule has 0 saturated carbocycles. The van der Waals surface area contributed by atoms with E-state index < -0.39 is 59.7 Å². The number of aromatic hydroxyl groups is 1. The van der Waals surface area contributed by atoms with Crippen LogP contribution in [0.15, 0.2) is 51.2 Å². The van der Waals surface area contributed by atoms with Crippen LogP contribution in [0.25, 0.3) is 11.0 Å². The molecule has 4 atom stereocenters. The third-order valence-corrected chi connectivity index (χ3v) is 7.91. The number of phenols is 1. The number of aliphatic hydroxyl groups is 1. The maximum atomic E-state index is 13.4. The molecular weight excluding hydrogens is 581 g/mol. The first-order valence-corrected chi connectivity index (χ1v) is 13.8. The molecule has 1 amide bonds. The van der Waals surface area contributed by atoms with Crippen molar-refractivity contribution in [2.24, 2.45) is 11.7 Å². The van der Waals surface area contributed by atoms with E-state index >= 15 is 0 Å². The van der Waals surface area contributed by atoms with Gasteiger partial charge in [-0.25, -0.2) is 9.59 Å². The molecule has 2 unspecified atom stereocenters. The van der Waals surface area contributed by atoms with E-state index in [9.17, 15) is 29.7 Å². The van der Waals surface area contributed by atoms with Crippen LogP contribution in [-0.2, 0) is 22.3 Å². The number of fused-ring (bicyclic) bond motifs is 1. The summed E-state index contributed by atoms with van der Waals surface area (Å²) in [5.74, 6) is -1.37. The molecule has 230 valence electrons. The molecular formula is C32H36NNaO10. The van der Waals surface area contributed by atoms with Gasteiger partial charge in [0.15, 0.2) is 11.9 Å². The van der Waals surface area contributed by atoms with Gasteiger partial charge in [-0.05, 0) is 76.9 Å². The first kappa shape index (κ1) is 35.1. The smallest absolute Gasteiger partial charge is 0.872 e. The molecule has 0 bridgehead atoms. The van der Waals surface area contributed by atoms with Gasteiger partial charge in [-0.2, -0.15) is 0 Å². The van der Waals surface area contributed by atoms with Gasteiger partial charge in [0, 0.05) is 34.4 Å². The number of benzene rings is 2. The molecule has 4 N–H and O–H groups in total. The van der Waals surface area contributed by atoms with Crippen LogP contribution in [0.2, 0.25) is 0 Å². The minimum atomic E-state index is -1.40. The second-order valence-electron chi connectivity index (χ2n) is 11.6. The van der Waals surface area contributed by atoms with Gasteiger partial charge >= 0.3 is 41.3 Å². The minimum Gasteiger partial charge on any atom is -0.872 e. The Morgan fingerprint density at radius 2 is 1.86 bits per heavy atom. The molecule has 0 radical (unpaired) electrons. The van der Waals surface area contributed by atoms with Gasteiger partial charge in [-0.3, -0.25) is 4.79 Å². The number of aryl methyl sites for hydroxylation is 1. The summed E-state index contributed by atoms with van der Waals surface area (Å²) in [6.07, 6.45) is -2.91. The summed E-state index contributed by atoms with van der Waals surface area (Å²) >= 11 is 0. The van der Waals surface area contributed by atoms with Crippen molar-refractivity contribution in [3.8, 4) is 17.2 Å². The number of hydrogen-bond acceptors (Lipinski definition) is 10. The summed E-state index contributed by atoms with van der Waals surface area (Å²) in [7, 11) is 0. The molecule has 1 aliphatic heterocycles. The second kappa shape index (κ2) is 13.7. The van der Waals surface area contributed by atoms with Gasteiger partial charge in [-0.1, -0.05) is 24.3 Å². The van der Waals surface area contributed by atoms with Crippen molar-refractivity contribution in [3.63, 3.8) is 0 Å². The molecule has 1 aliphatic rings. The number of nitrogens with two attached hydrogens (primary N) is 1. The number of ketones is 1. The van der Waals surface area contributed by atoms with Crippen LogP contribution in [0.5, 0.6) is 17.2 Å². The molecule has 1 saturated heterocycles. The Morgan fingerprint density at radius 3 is 2.50 bits per heavy atom. The van der Waals surface area contributed by atoms with Gasteiger partial charge in [0.05, 0.1) is 5.60 Å². The number of carbonyl (C=O) groups excluding carboxylic acids is 2. The first-order valence-electron chi connectivity index (χ1n) is 13.8. The molecule has 44 heavy (non-hydrogen) atoms. The predicted octanol–water partition coefficient (Wildman–Crippen LogP) is 0.793. The van der Waals surface area contributed by atoms with Gasteiger partial charge in [0.1, 0.15) is 23.2 Å². The predicted molar refractivity (Wildman–Crippen MR) is 155 cm³/mol. The van der Waals surface area contributed by atoms with Gasteiger partial charge in [0.25, 0.3) is 0 Å². The molecule has 1 aromatic heterocycles. The Bertz CT molecular complexity index is 1660. The summed E-state index contributed by atoms with van der Waals surface area (Å²) in [5, 5.41) is 34.5. The summed E-state index contributed by atoms with van der Waals surface area (Å²) < 4.78 is 22.6. The number of primary amides is 1. The van der Waals surface area contributed by atoms with E-state index in [1.807, 2.05) is 19.9 Å². The average Bonchev–Trinajstić information content (AvgIpc) is 2.93. The molecule has 12 heteroatoms. The van der Waals surface area contributed by atoms with Crippen molar-refractivity contribution < 1.29 is 73.1 Å². The molecule has 0 aliphatic carbocycles. The number of Topliss-reactive ketones (excluding diaryl/α,β-unsaturated/α-hetero) is 1. The Kier molecular flexibility index (Phi) is 11.0. The molecule has 3 aromatic rings. The molecule has 11 nitrogen and oxygen atoms in total. The zero-order chi connectivity index (χ0) is 31.8. The van der Waals surface area contributed by atoms with Crippen LogP contribution in [0.3, 0.4) is 0 Å². The number of rotatable bonds is 8. The maximum Gasteiger partial charge on any atom is 1.00 e. The van der Waals surface area contributed by atoms with Crippen molar-refractivity contribution in [2.45, 2.75) is 78.5 Å². The second-order valence-corrected chi connectivity index (χ2v) is 11.6. The molecule has 1 fully saturated rings. The third-order valence-electron chi connectivity index (χ3n) is 7.91. The van der Waals surface area contributed by atoms with E-state index in [-0.39, 0.29) is 68.7 Å². The van der Waals surface area contributed by atoms with E-state index in [4.69, 9.17) is 24.4 Å². The Labute approximate surface area is 276 Å². The fourth-order valence-corrected chi connectivity index (χ4v) is 5.02. The first-order chi connectivity index (χ1) is 20.1. The SMILES string of the molecule is CC(C)=CCc1cc(C(=O)Cc2c([O-])c3ccc(OC4OC(C)(C)C(C)[C@@H](OC(N)=O)[C@H]4O)c(C)c3oc2=O)ccc1O.[Na+]. The summed E-state index contributed by atoms with van der Waals surface area (Å²) in [4.78, 5) is 37.5. The van der Waals surface area contributed by atoms with Crippen LogP contribution in [0, 0.1) is 12.8 Å². The number of phenolic OH excluding ortho intramolecular Hbond substituents is 1. The van der Waals surface area contributed by atoms with Crippen molar-refractivity contribution >= 4 is 22.8 Å². The van der Waals surface area contributed by atoms with E-state index in [0.717, 1.165) is 5.57 Å². The topological polar surface area (TPSA) is 182 Å². The normalized spacial score (nSPS) is 20.8. The fraction of sp³-hybridized carbons (Fsp3) is 0.406. The average molecular weight is 618 g/mol. The maximum absolute atomic E-state index is 13.4. The van der Waals surface area contributed by atoms with Crippen molar-refractivity contribution in [2.75, 3.05) is 0 Å². The van der Waals surface area contributed by atoms with Crippen LogP contribution in [0.1, 0.15) is 61.7 Å². The number of amides is 1.